The lowest BCUT2D eigenvalue weighted by atomic mass is 9.76. The van der Waals surface area contributed by atoms with Crippen LogP contribution in [-0.2, 0) is 14.3 Å². The van der Waals surface area contributed by atoms with Crippen LogP contribution >= 0.6 is 0 Å². The summed E-state index contributed by atoms with van der Waals surface area (Å²) in [5.74, 6) is 0.616. The summed E-state index contributed by atoms with van der Waals surface area (Å²) in [6.07, 6.45) is 2.06. The van der Waals surface area contributed by atoms with Crippen molar-refractivity contribution in [2.75, 3.05) is 40.3 Å². The normalized spacial score (nSPS) is 20.1. The maximum Gasteiger partial charge on any atom is 0.312 e. The van der Waals surface area contributed by atoms with Gasteiger partial charge in [-0.3, -0.25) is 14.4 Å². The highest BCUT2D eigenvalue weighted by molar-refractivity contribution is 5.95. The maximum atomic E-state index is 12.8. The molecule has 1 aromatic carbocycles. The van der Waals surface area contributed by atoms with Gasteiger partial charge in [0, 0.05) is 31.6 Å². The highest BCUT2D eigenvalue weighted by Gasteiger charge is 2.50. The molecule has 0 radical (unpaired) electrons. The average molecular weight is 406 g/mol. The molecule has 1 N–H and O–H groups in total. The molecule has 0 bridgehead atoms. The third-order valence-corrected chi connectivity index (χ3v) is 5.29. The second-order valence-electron chi connectivity index (χ2n) is 7.63. The van der Waals surface area contributed by atoms with Gasteiger partial charge in [-0.15, -0.1) is 0 Å². The average Bonchev–Trinajstić information content (AvgIpc) is 2.97. The molecular formula is C21H30N2O6. The van der Waals surface area contributed by atoms with E-state index in [0.717, 1.165) is 13.0 Å². The molecule has 0 saturated carbocycles. The molecule has 1 unspecified atom stereocenters. The number of ether oxygens (including phenoxy) is 2. The number of carbonyl (C=O) groups excluding carboxylic acids is 2. The third-order valence-electron chi connectivity index (χ3n) is 5.29. The quantitative estimate of drug-likeness (QED) is 0.589. The Morgan fingerprint density at radius 1 is 1.38 bits per heavy atom. The number of benzene rings is 1. The van der Waals surface area contributed by atoms with Crippen molar-refractivity contribution in [3.05, 3.63) is 29.8 Å². The first-order chi connectivity index (χ1) is 13.8. The zero-order chi connectivity index (χ0) is 21.4. The molecule has 2 fully saturated rings. The highest BCUT2D eigenvalue weighted by atomic mass is 16.6. The second kappa shape index (κ2) is 10.2. The number of likely N-dealkylation sites (tertiary alicyclic amines) is 1. The third kappa shape index (κ3) is 5.69. The van der Waals surface area contributed by atoms with E-state index < -0.39 is 5.41 Å². The van der Waals surface area contributed by atoms with Gasteiger partial charge in [-0.1, -0.05) is 6.07 Å². The van der Waals surface area contributed by atoms with Gasteiger partial charge in [0.1, 0.15) is 11.9 Å². The minimum Gasteiger partial charge on any atom is -0.494 e. The lowest BCUT2D eigenvalue weighted by Gasteiger charge is -2.36. The minimum absolute atomic E-state index is 0.00221. The monoisotopic (exact) mass is 406 g/mol. The number of nitrogens with zero attached hydrogens (tertiary/aromatic N) is 2. The van der Waals surface area contributed by atoms with Gasteiger partial charge in [0.2, 0.25) is 0 Å². The molecular weight excluding hydrogens is 376 g/mol. The fraction of sp³-hybridized carbons (Fsp3) is 0.571. The molecule has 0 aromatic heterocycles. The summed E-state index contributed by atoms with van der Waals surface area (Å²) in [4.78, 5) is 37.5. The Bertz CT molecular complexity index is 713. The summed E-state index contributed by atoms with van der Waals surface area (Å²) in [7, 11) is 3.97. The van der Waals surface area contributed by atoms with E-state index in [4.69, 9.17) is 19.4 Å². The van der Waals surface area contributed by atoms with E-state index in [9.17, 15) is 9.59 Å². The number of piperidine rings is 1. The molecule has 3 rings (SSSR count). The highest BCUT2D eigenvalue weighted by Crippen LogP contribution is 2.43. The molecule has 29 heavy (non-hydrogen) atoms. The van der Waals surface area contributed by atoms with E-state index in [2.05, 4.69) is 0 Å². The number of carbonyl (C=O) groups is 3. The minimum atomic E-state index is -0.412. The summed E-state index contributed by atoms with van der Waals surface area (Å²) >= 11 is 0. The topological polar surface area (TPSA) is 96.4 Å². The first kappa shape index (κ1) is 22.7. The molecule has 1 amide bonds. The van der Waals surface area contributed by atoms with Crippen LogP contribution < -0.4 is 4.74 Å². The molecule has 2 aliphatic heterocycles. The van der Waals surface area contributed by atoms with Crippen LogP contribution in [0.2, 0.25) is 0 Å². The van der Waals surface area contributed by atoms with Crippen molar-refractivity contribution in [1.82, 2.24) is 9.80 Å². The molecule has 8 heteroatoms. The van der Waals surface area contributed by atoms with Gasteiger partial charge in [-0.05, 0) is 52.1 Å². The van der Waals surface area contributed by atoms with E-state index in [0.29, 0.717) is 43.9 Å². The number of esters is 1. The molecule has 1 atom stereocenters. The Hall–Kier alpha value is -2.61. The van der Waals surface area contributed by atoms with E-state index >= 15 is 0 Å². The number of likely N-dealkylation sites (N-methyl/N-ethyl adjacent to an activating group) is 1. The van der Waals surface area contributed by atoms with E-state index in [-0.39, 0.29) is 24.5 Å². The van der Waals surface area contributed by atoms with Crippen molar-refractivity contribution in [2.24, 2.45) is 5.41 Å². The van der Waals surface area contributed by atoms with Crippen molar-refractivity contribution >= 4 is 18.3 Å². The predicted molar refractivity (Wildman–Crippen MR) is 107 cm³/mol. The number of rotatable bonds is 5. The van der Waals surface area contributed by atoms with Crippen LogP contribution in [0.5, 0.6) is 5.75 Å². The van der Waals surface area contributed by atoms with Crippen LogP contribution in [0, 0.1) is 5.41 Å². The molecule has 160 valence electrons. The number of carboxylic acid groups (broad SMARTS) is 1. The van der Waals surface area contributed by atoms with E-state index in [1.807, 2.05) is 49.0 Å². The molecule has 2 aliphatic rings. The number of cyclic esters (lactones) is 1. The van der Waals surface area contributed by atoms with Crippen molar-refractivity contribution in [2.45, 2.75) is 32.3 Å². The van der Waals surface area contributed by atoms with Crippen LogP contribution in [0.15, 0.2) is 24.3 Å². The Kier molecular flexibility index (Phi) is 8.01. The van der Waals surface area contributed by atoms with Gasteiger partial charge in [0.25, 0.3) is 12.4 Å². The molecule has 0 aliphatic carbocycles. The zero-order valence-electron chi connectivity index (χ0n) is 17.3. The summed E-state index contributed by atoms with van der Waals surface area (Å²) in [5.41, 5.74) is 0.219. The van der Waals surface area contributed by atoms with Crippen LogP contribution in [0.25, 0.3) is 0 Å². The van der Waals surface area contributed by atoms with Crippen molar-refractivity contribution < 1.29 is 29.0 Å². The summed E-state index contributed by atoms with van der Waals surface area (Å²) in [6.45, 7) is 4.16. The van der Waals surface area contributed by atoms with E-state index in [1.165, 1.54) is 0 Å². The van der Waals surface area contributed by atoms with Crippen LogP contribution in [0.3, 0.4) is 0 Å². The Morgan fingerprint density at radius 2 is 2.03 bits per heavy atom. The number of amides is 1. The Labute approximate surface area is 171 Å². The van der Waals surface area contributed by atoms with Crippen molar-refractivity contribution in [1.29, 1.82) is 0 Å². The summed E-state index contributed by atoms with van der Waals surface area (Å²) < 4.78 is 11.1. The van der Waals surface area contributed by atoms with Gasteiger partial charge in [-0.2, -0.15) is 0 Å². The van der Waals surface area contributed by atoms with Gasteiger partial charge >= 0.3 is 5.97 Å². The summed E-state index contributed by atoms with van der Waals surface area (Å²) in [6, 6.07) is 7.29. The van der Waals surface area contributed by atoms with Gasteiger partial charge in [-0.25, -0.2) is 0 Å². The number of hydrogen-bond acceptors (Lipinski definition) is 6. The predicted octanol–water partition coefficient (Wildman–Crippen LogP) is 1.89. The van der Waals surface area contributed by atoms with Gasteiger partial charge in [0.15, 0.2) is 0 Å². The van der Waals surface area contributed by atoms with Crippen molar-refractivity contribution in [3.63, 3.8) is 0 Å². The molecule has 1 spiro atoms. The molecule has 1 aromatic rings. The smallest absolute Gasteiger partial charge is 0.312 e. The first-order valence-corrected chi connectivity index (χ1v) is 9.81. The SMILES string of the molecule is CCOc1cccc(C(=O)N2CCC3(CC2)CC(CN(C)C)OC3=O)c1.O=CO. The second-order valence-corrected chi connectivity index (χ2v) is 7.63. The lowest BCUT2D eigenvalue weighted by Crippen LogP contribution is -2.45. The fourth-order valence-electron chi connectivity index (χ4n) is 3.96. The fourth-order valence-corrected chi connectivity index (χ4v) is 3.96. The lowest BCUT2D eigenvalue weighted by molar-refractivity contribution is -0.150. The van der Waals surface area contributed by atoms with Crippen LogP contribution in [0.1, 0.15) is 36.5 Å². The Morgan fingerprint density at radius 3 is 2.62 bits per heavy atom. The van der Waals surface area contributed by atoms with Crippen molar-refractivity contribution in [3.8, 4) is 5.75 Å². The van der Waals surface area contributed by atoms with Crippen LogP contribution in [0.4, 0.5) is 0 Å². The molecule has 2 heterocycles. The van der Waals surface area contributed by atoms with Crippen LogP contribution in [-0.4, -0.2) is 79.7 Å². The standard InChI is InChI=1S/C20H28N2O4.CH2O2/c1-4-25-16-7-5-6-15(12-16)18(23)22-10-8-20(9-11-22)13-17(14-21(2)3)26-19(20)24;2-1-3/h5-7,12,17H,4,8-11,13-14H2,1-3H3;1H,(H,2,3). The summed E-state index contributed by atoms with van der Waals surface area (Å²) in [5, 5.41) is 6.89. The van der Waals surface area contributed by atoms with Gasteiger partial charge < -0.3 is 24.4 Å². The molecule has 8 nitrogen and oxygen atoms in total. The first-order valence-electron chi connectivity index (χ1n) is 9.81. The zero-order valence-corrected chi connectivity index (χ0v) is 17.3. The maximum absolute atomic E-state index is 12.8. The number of hydrogen-bond donors (Lipinski definition) is 1. The largest absolute Gasteiger partial charge is 0.494 e. The molecule has 2 saturated heterocycles. The van der Waals surface area contributed by atoms with E-state index in [1.54, 1.807) is 6.07 Å². The van der Waals surface area contributed by atoms with Gasteiger partial charge in [0.05, 0.1) is 12.0 Å². The Balaban J connectivity index is 0.000000941.